The second kappa shape index (κ2) is 8.07. The molecule has 118 valence electrons. The number of amides is 2. The highest BCUT2D eigenvalue weighted by atomic mass is 32.2. The number of thioether (sulfide) groups is 1. The predicted molar refractivity (Wildman–Crippen MR) is 81.6 cm³/mol. The first-order valence-corrected chi connectivity index (χ1v) is 7.85. The molecule has 0 aliphatic carbocycles. The average molecular weight is 314 g/mol. The number of esters is 1. The van der Waals surface area contributed by atoms with Crippen LogP contribution >= 0.6 is 11.8 Å². The first-order chi connectivity index (χ1) is 9.86. The van der Waals surface area contributed by atoms with Gasteiger partial charge in [0.2, 0.25) is 11.8 Å². The van der Waals surface area contributed by atoms with Crippen LogP contribution < -0.4 is 5.32 Å². The molecule has 0 saturated carbocycles. The van der Waals surface area contributed by atoms with Gasteiger partial charge in [-0.3, -0.25) is 14.4 Å². The van der Waals surface area contributed by atoms with Crippen LogP contribution in [0.3, 0.4) is 0 Å². The number of allylic oxidation sites excluding steroid dienone is 1. The third-order valence-corrected chi connectivity index (χ3v) is 4.27. The summed E-state index contributed by atoms with van der Waals surface area (Å²) in [7, 11) is 1.30. The number of nitrogens with zero attached hydrogens (tertiary/aromatic N) is 1. The first kappa shape index (κ1) is 17.6. The molecule has 0 aromatic heterocycles. The van der Waals surface area contributed by atoms with Crippen molar-refractivity contribution in [2.45, 2.75) is 38.6 Å². The zero-order valence-corrected chi connectivity index (χ0v) is 13.7. The predicted octanol–water partition coefficient (Wildman–Crippen LogP) is 0.922. The van der Waals surface area contributed by atoms with Crippen LogP contribution in [0.1, 0.15) is 27.2 Å². The van der Waals surface area contributed by atoms with Crippen LogP contribution in [-0.2, 0) is 19.1 Å². The zero-order chi connectivity index (χ0) is 16.0. The summed E-state index contributed by atoms with van der Waals surface area (Å²) < 4.78 is 4.51. The molecule has 1 rings (SSSR count). The van der Waals surface area contributed by atoms with Crippen molar-refractivity contribution in [2.24, 2.45) is 0 Å². The topological polar surface area (TPSA) is 75.7 Å². The van der Waals surface area contributed by atoms with Gasteiger partial charge in [-0.2, -0.15) is 0 Å². The van der Waals surface area contributed by atoms with E-state index in [0.29, 0.717) is 5.75 Å². The van der Waals surface area contributed by atoms with Gasteiger partial charge in [0.05, 0.1) is 18.9 Å². The van der Waals surface area contributed by atoms with Gasteiger partial charge in [-0.1, -0.05) is 5.57 Å². The number of carbonyl (C=O) groups excluding carboxylic acids is 3. The van der Waals surface area contributed by atoms with E-state index >= 15 is 0 Å². The van der Waals surface area contributed by atoms with Crippen LogP contribution in [0.15, 0.2) is 11.6 Å². The fourth-order valence-corrected chi connectivity index (χ4v) is 3.19. The summed E-state index contributed by atoms with van der Waals surface area (Å²) in [6, 6.07) is -0.495. The molecule has 0 aromatic carbocycles. The standard InChI is InChI=1S/C14H22N2O4S/c1-9(2)7-12(17)16-10(3)21-8-11(16)14(19)15-6-5-13(18)20-4/h7,10-11H,5-6,8H2,1-4H3,(H,15,19)/t10-,11-/m1/s1. The van der Waals surface area contributed by atoms with Crippen LogP contribution in [0.2, 0.25) is 0 Å². The van der Waals surface area contributed by atoms with E-state index < -0.39 is 6.04 Å². The number of rotatable bonds is 5. The van der Waals surface area contributed by atoms with E-state index in [1.165, 1.54) is 13.2 Å². The Kier molecular flexibility index (Phi) is 6.74. The highest BCUT2D eigenvalue weighted by Gasteiger charge is 2.38. The maximum atomic E-state index is 12.2. The molecule has 1 saturated heterocycles. The minimum Gasteiger partial charge on any atom is -0.469 e. The van der Waals surface area contributed by atoms with Gasteiger partial charge in [-0.05, 0) is 20.8 Å². The number of hydrogen-bond acceptors (Lipinski definition) is 5. The molecule has 0 aromatic rings. The molecule has 6 nitrogen and oxygen atoms in total. The molecule has 1 heterocycles. The second-order valence-electron chi connectivity index (χ2n) is 5.03. The minimum atomic E-state index is -0.495. The summed E-state index contributed by atoms with van der Waals surface area (Å²) in [4.78, 5) is 37.0. The Balaban J connectivity index is 2.63. The van der Waals surface area contributed by atoms with Crippen molar-refractivity contribution in [1.29, 1.82) is 0 Å². The van der Waals surface area contributed by atoms with Crippen molar-refractivity contribution in [1.82, 2.24) is 10.2 Å². The van der Waals surface area contributed by atoms with Crippen molar-refractivity contribution in [3.05, 3.63) is 11.6 Å². The lowest BCUT2D eigenvalue weighted by atomic mass is 10.2. The molecule has 7 heteroatoms. The summed E-state index contributed by atoms with van der Waals surface area (Å²) in [6.07, 6.45) is 1.66. The summed E-state index contributed by atoms with van der Waals surface area (Å²) in [5, 5.41) is 2.64. The number of nitrogens with one attached hydrogen (secondary N) is 1. The molecular formula is C14H22N2O4S. The third kappa shape index (κ3) is 5.08. The van der Waals surface area contributed by atoms with E-state index in [2.05, 4.69) is 10.1 Å². The lowest BCUT2D eigenvalue weighted by molar-refractivity contribution is -0.141. The Hall–Kier alpha value is -1.50. The quantitative estimate of drug-likeness (QED) is 0.603. The van der Waals surface area contributed by atoms with Crippen LogP contribution in [-0.4, -0.2) is 53.5 Å². The maximum absolute atomic E-state index is 12.2. The summed E-state index contributed by atoms with van der Waals surface area (Å²) in [5.74, 6) is -0.193. The van der Waals surface area contributed by atoms with E-state index in [0.717, 1.165) is 5.57 Å². The number of methoxy groups -OCH3 is 1. The van der Waals surface area contributed by atoms with Gasteiger partial charge in [0.25, 0.3) is 0 Å². The van der Waals surface area contributed by atoms with Gasteiger partial charge in [0, 0.05) is 18.4 Å². The van der Waals surface area contributed by atoms with Crippen LogP contribution in [0.5, 0.6) is 0 Å². The second-order valence-corrected chi connectivity index (χ2v) is 6.38. The SMILES string of the molecule is COC(=O)CCNC(=O)[C@H]1CS[C@H](C)N1C(=O)C=C(C)C. The van der Waals surface area contributed by atoms with Crippen molar-refractivity contribution in [3.63, 3.8) is 0 Å². The van der Waals surface area contributed by atoms with Crippen molar-refractivity contribution in [2.75, 3.05) is 19.4 Å². The molecular weight excluding hydrogens is 292 g/mol. The Morgan fingerprint density at radius 1 is 1.38 bits per heavy atom. The molecule has 1 aliphatic rings. The molecule has 1 aliphatic heterocycles. The monoisotopic (exact) mass is 314 g/mol. The van der Waals surface area contributed by atoms with Gasteiger partial charge in [-0.25, -0.2) is 0 Å². The molecule has 0 bridgehead atoms. The van der Waals surface area contributed by atoms with Gasteiger partial charge in [0.1, 0.15) is 6.04 Å². The maximum Gasteiger partial charge on any atom is 0.307 e. The van der Waals surface area contributed by atoms with Crippen LogP contribution in [0.4, 0.5) is 0 Å². The average Bonchev–Trinajstić information content (AvgIpc) is 2.79. The Bertz CT molecular complexity index is 446. The summed E-state index contributed by atoms with van der Waals surface area (Å²) in [5.41, 5.74) is 0.897. The molecule has 1 fully saturated rings. The van der Waals surface area contributed by atoms with Crippen molar-refractivity contribution in [3.8, 4) is 0 Å². The molecule has 0 spiro atoms. The zero-order valence-electron chi connectivity index (χ0n) is 12.8. The van der Waals surface area contributed by atoms with Crippen LogP contribution in [0, 0.1) is 0 Å². The molecule has 0 unspecified atom stereocenters. The Morgan fingerprint density at radius 2 is 2.05 bits per heavy atom. The lowest BCUT2D eigenvalue weighted by Gasteiger charge is -2.25. The van der Waals surface area contributed by atoms with Crippen LogP contribution in [0.25, 0.3) is 0 Å². The lowest BCUT2D eigenvalue weighted by Crippen LogP contribution is -2.49. The molecule has 2 amide bonds. The molecule has 21 heavy (non-hydrogen) atoms. The Labute approximate surface area is 129 Å². The molecule has 0 radical (unpaired) electrons. The fraction of sp³-hybridized carbons (Fsp3) is 0.643. The van der Waals surface area contributed by atoms with Gasteiger partial charge in [0.15, 0.2) is 0 Å². The highest BCUT2D eigenvalue weighted by molar-refractivity contribution is 8.00. The molecule has 1 N–H and O–H groups in total. The normalized spacial score (nSPS) is 20.9. The minimum absolute atomic E-state index is 0.0375. The van der Waals surface area contributed by atoms with Gasteiger partial charge in [-0.15, -0.1) is 11.8 Å². The summed E-state index contributed by atoms with van der Waals surface area (Å²) in [6.45, 7) is 5.81. The third-order valence-electron chi connectivity index (χ3n) is 3.05. The van der Waals surface area contributed by atoms with E-state index in [1.54, 1.807) is 16.7 Å². The molecule has 2 atom stereocenters. The summed E-state index contributed by atoms with van der Waals surface area (Å²) >= 11 is 1.56. The first-order valence-electron chi connectivity index (χ1n) is 6.80. The largest absolute Gasteiger partial charge is 0.469 e. The highest BCUT2D eigenvalue weighted by Crippen LogP contribution is 2.29. The van der Waals surface area contributed by atoms with E-state index in [1.807, 2.05) is 20.8 Å². The van der Waals surface area contributed by atoms with E-state index in [4.69, 9.17) is 0 Å². The van der Waals surface area contributed by atoms with Crippen molar-refractivity contribution < 1.29 is 19.1 Å². The van der Waals surface area contributed by atoms with Gasteiger partial charge >= 0.3 is 5.97 Å². The van der Waals surface area contributed by atoms with Crippen molar-refractivity contribution >= 4 is 29.5 Å². The Morgan fingerprint density at radius 3 is 2.62 bits per heavy atom. The number of ether oxygens (including phenoxy) is 1. The fourth-order valence-electron chi connectivity index (χ4n) is 2.01. The van der Waals surface area contributed by atoms with E-state index in [9.17, 15) is 14.4 Å². The van der Waals surface area contributed by atoms with E-state index in [-0.39, 0.29) is 36.1 Å². The number of hydrogen-bond donors (Lipinski definition) is 1. The number of carbonyl (C=O) groups is 3. The van der Waals surface area contributed by atoms with Gasteiger partial charge < -0.3 is 15.0 Å². The smallest absolute Gasteiger partial charge is 0.307 e.